The van der Waals surface area contributed by atoms with E-state index in [0.717, 1.165) is 5.69 Å². The van der Waals surface area contributed by atoms with E-state index in [2.05, 4.69) is 32.9 Å². The molecule has 0 aromatic heterocycles. The standard InChI is InChI=1S/C19H28N2O3/c1-15(22)21(10-9-18(23)20-11-13-24-14-12-20)17-7-5-16(6-8-17)19(2,3)4/h5-8H,9-14H2,1-4H3. The van der Waals surface area contributed by atoms with E-state index in [-0.39, 0.29) is 17.2 Å². The fraction of sp³-hybridized carbons (Fsp3) is 0.579. The summed E-state index contributed by atoms with van der Waals surface area (Å²) in [7, 11) is 0. The molecule has 1 fully saturated rings. The van der Waals surface area contributed by atoms with E-state index in [1.807, 2.05) is 17.0 Å². The van der Waals surface area contributed by atoms with Crippen LogP contribution >= 0.6 is 0 Å². The zero-order valence-corrected chi connectivity index (χ0v) is 15.2. The number of amides is 2. The Bertz CT molecular complexity index is 569. The molecule has 0 radical (unpaired) electrons. The molecule has 0 saturated carbocycles. The molecule has 0 unspecified atom stereocenters. The molecule has 2 rings (SSSR count). The van der Waals surface area contributed by atoms with Gasteiger partial charge >= 0.3 is 0 Å². The van der Waals surface area contributed by atoms with Crippen LogP contribution < -0.4 is 4.90 Å². The van der Waals surface area contributed by atoms with E-state index in [1.54, 1.807) is 4.90 Å². The average Bonchev–Trinajstić information content (AvgIpc) is 2.55. The molecule has 1 aliphatic rings. The molecule has 1 saturated heterocycles. The van der Waals surface area contributed by atoms with E-state index < -0.39 is 0 Å². The summed E-state index contributed by atoms with van der Waals surface area (Å²) in [6.45, 7) is 10.9. The van der Waals surface area contributed by atoms with Gasteiger partial charge in [0.05, 0.1) is 13.2 Å². The topological polar surface area (TPSA) is 49.9 Å². The quantitative estimate of drug-likeness (QED) is 0.851. The summed E-state index contributed by atoms with van der Waals surface area (Å²) in [4.78, 5) is 27.8. The molecule has 0 N–H and O–H groups in total. The molecule has 1 heterocycles. The van der Waals surface area contributed by atoms with Crippen molar-refractivity contribution in [2.75, 3.05) is 37.7 Å². The largest absolute Gasteiger partial charge is 0.378 e. The SMILES string of the molecule is CC(=O)N(CCC(=O)N1CCOCC1)c1ccc(C(C)(C)C)cc1. The Labute approximate surface area is 144 Å². The van der Waals surface area contributed by atoms with E-state index in [4.69, 9.17) is 4.74 Å². The summed E-state index contributed by atoms with van der Waals surface area (Å²) < 4.78 is 5.26. The minimum Gasteiger partial charge on any atom is -0.378 e. The maximum atomic E-state index is 12.3. The third kappa shape index (κ3) is 4.81. The van der Waals surface area contributed by atoms with Gasteiger partial charge in [-0.25, -0.2) is 0 Å². The molecular formula is C19H28N2O3. The molecule has 0 aliphatic carbocycles. The van der Waals surface area contributed by atoms with Gasteiger partial charge in [0.2, 0.25) is 11.8 Å². The van der Waals surface area contributed by atoms with Crippen LogP contribution in [0.25, 0.3) is 0 Å². The number of anilines is 1. The Kier molecular flexibility index (Phi) is 5.99. The summed E-state index contributed by atoms with van der Waals surface area (Å²) in [6.07, 6.45) is 0.334. The number of benzene rings is 1. The number of rotatable bonds is 4. The van der Waals surface area contributed by atoms with Gasteiger partial charge in [0.25, 0.3) is 0 Å². The van der Waals surface area contributed by atoms with Crippen molar-refractivity contribution in [3.05, 3.63) is 29.8 Å². The monoisotopic (exact) mass is 332 g/mol. The van der Waals surface area contributed by atoms with Gasteiger partial charge in [-0.05, 0) is 23.1 Å². The normalized spacial score (nSPS) is 15.2. The van der Waals surface area contributed by atoms with Gasteiger partial charge < -0.3 is 14.5 Å². The van der Waals surface area contributed by atoms with Crippen molar-refractivity contribution in [2.24, 2.45) is 0 Å². The molecular weight excluding hydrogens is 304 g/mol. The average molecular weight is 332 g/mol. The predicted octanol–water partition coefficient (Wildman–Crippen LogP) is 2.59. The molecule has 1 aromatic carbocycles. The first-order valence-electron chi connectivity index (χ1n) is 8.53. The lowest BCUT2D eigenvalue weighted by atomic mass is 9.87. The van der Waals surface area contributed by atoms with Gasteiger partial charge in [0.1, 0.15) is 0 Å². The second kappa shape index (κ2) is 7.79. The highest BCUT2D eigenvalue weighted by Crippen LogP contribution is 2.25. The number of hydrogen-bond acceptors (Lipinski definition) is 3. The first kappa shape index (κ1) is 18.5. The molecule has 2 amide bonds. The summed E-state index contributed by atoms with van der Waals surface area (Å²) in [5, 5.41) is 0. The Morgan fingerprint density at radius 2 is 1.71 bits per heavy atom. The lowest BCUT2D eigenvalue weighted by Crippen LogP contribution is -2.42. The zero-order chi connectivity index (χ0) is 17.7. The lowest BCUT2D eigenvalue weighted by Gasteiger charge is -2.28. The van der Waals surface area contributed by atoms with Gasteiger partial charge in [-0.3, -0.25) is 9.59 Å². The van der Waals surface area contributed by atoms with Crippen molar-refractivity contribution in [3.63, 3.8) is 0 Å². The minimum atomic E-state index is -0.0479. The van der Waals surface area contributed by atoms with E-state index in [0.29, 0.717) is 39.3 Å². The van der Waals surface area contributed by atoms with Crippen LogP contribution in [0.15, 0.2) is 24.3 Å². The third-order valence-electron chi connectivity index (χ3n) is 4.34. The third-order valence-corrected chi connectivity index (χ3v) is 4.34. The van der Waals surface area contributed by atoms with Crippen LogP contribution in [0.1, 0.15) is 39.7 Å². The van der Waals surface area contributed by atoms with Crippen LogP contribution in [0.2, 0.25) is 0 Å². The molecule has 1 aliphatic heterocycles. The van der Waals surface area contributed by atoms with Crippen LogP contribution in [-0.4, -0.2) is 49.6 Å². The Balaban J connectivity index is 2.01. The molecule has 5 nitrogen and oxygen atoms in total. The van der Waals surface area contributed by atoms with E-state index in [9.17, 15) is 9.59 Å². The molecule has 132 valence electrons. The van der Waals surface area contributed by atoms with Crippen molar-refractivity contribution < 1.29 is 14.3 Å². The van der Waals surface area contributed by atoms with Gasteiger partial charge in [-0.2, -0.15) is 0 Å². The Morgan fingerprint density at radius 3 is 2.21 bits per heavy atom. The van der Waals surface area contributed by atoms with Crippen LogP contribution in [0.3, 0.4) is 0 Å². The fourth-order valence-electron chi connectivity index (χ4n) is 2.79. The highest BCUT2D eigenvalue weighted by atomic mass is 16.5. The fourth-order valence-corrected chi connectivity index (χ4v) is 2.79. The molecule has 0 spiro atoms. The van der Waals surface area contributed by atoms with Crippen molar-refractivity contribution in [1.29, 1.82) is 0 Å². The second-order valence-electron chi connectivity index (χ2n) is 7.21. The van der Waals surface area contributed by atoms with Gasteiger partial charge in [0.15, 0.2) is 0 Å². The van der Waals surface area contributed by atoms with Gasteiger partial charge in [-0.1, -0.05) is 32.9 Å². The van der Waals surface area contributed by atoms with E-state index >= 15 is 0 Å². The van der Waals surface area contributed by atoms with E-state index in [1.165, 1.54) is 12.5 Å². The van der Waals surface area contributed by atoms with Crippen LogP contribution in [0.4, 0.5) is 5.69 Å². The lowest BCUT2D eigenvalue weighted by molar-refractivity contribution is -0.135. The summed E-state index contributed by atoms with van der Waals surface area (Å²) in [6, 6.07) is 8.02. The summed E-state index contributed by atoms with van der Waals surface area (Å²) in [5.41, 5.74) is 2.13. The zero-order valence-electron chi connectivity index (χ0n) is 15.2. The number of morpholine rings is 1. The Morgan fingerprint density at radius 1 is 1.12 bits per heavy atom. The number of carbonyl (C=O) groups is 2. The maximum absolute atomic E-state index is 12.3. The van der Waals surface area contributed by atoms with Crippen molar-refractivity contribution >= 4 is 17.5 Å². The van der Waals surface area contributed by atoms with Crippen LogP contribution in [0, 0.1) is 0 Å². The first-order valence-corrected chi connectivity index (χ1v) is 8.53. The number of carbonyl (C=O) groups excluding carboxylic acids is 2. The highest BCUT2D eigenvalue weighted by Gasteiger charge is 2.20. The summed E-state index contributed by atoms with van der Waals surface area (Å²) >= 11 is 0. The molecule has 0 atom stereocenters. The van der Waals surface area contributed by atoms with Crippen LogP contribution in [-0.2, 0) is 19.7 Å². The maximum Gasteiger partial charge on any atom is 0.224 e. The highest BCUT2D eigenvalue weighted by molar-refractivity contribution is 5.92. The minimum absolute atomic E-state index is 0.0479. The smallest absolute Gasteiger partial charge is 0.224 e. The predicted molar refractivity (Wildman–Crippen MR) is 95.2 cm³/mol. The van der Waals surface area contributed by atoms with Crippen molar-refractivity contribution in [1.82, 2.24) is 4.90 Å². The molecule has 1 aromatic rings. The number of ether oxygens (including phenoxy) is 1. The molecule has 5 heteroatoms. The van der Waals surface area contributed by atoms with Gasteiger partial charge in [-0.15, -0.1) is 0 Å². The van der Waals surface area contributed by atoms with Crippen LogP contribution in [0.5, 0.6) is 0 Å². The van der Waals surface area contributed by atoms with Gasteiger partial charge in [0, 0.05) is 38.7 Å². The number of hydrogen-bond donors (Lipinski definition) is 0. The molecule has 0 bridgehead atoms. The number of nitrogens with zero attached hydrogens (tertiary/aromatic N) is 2. The first-order chi connectivity index (χ1) is 11.3. The summed E-state index contributed by atoms with van der Waals surface area (Å²) in [5.74, 6) is 0.0316. The van der Waals surface area contributed by atoms with Crippen molar-refractivity contribution in [3.8, 4) is 0 Å². The Hall–Kier alpha value is -1.88. The second-order valence-corrected chi connectivity index (χ2v) is 7.21. The van der Waals surface area contributed by atoms with Crippen molar-refractivity contribution in [2.45, 2.75) is 39.5 Å². The molecule has 24 heavy (non-hydrogen) atoms.